The van der Waals surface area contributed by atoms with Crippen molar-refractivity contribution in [2.24, 2.45) is 5.73 Å². The lowest BCUT2D eigenvalue weighted by Gasteiger charge is -2.12. The van der Waals surface area contributed by atoms with E-state index in [-0.39, 0.29) is 41.5 Å². The van der Waals surface area contributed by atoms with Crippen LogP contribution in [0.15, 0.2) is 24.4 Å². The number of benzene rings is 1. The molecule has 11 heteroatoms. The van der Waals surface area contributed by atoms with Gasteiger partial charge in [0.2, 0.25) is 5.88 Å². The molecular formula is C22H25ClFN5O3S. The number of nitrogens with zero attached hydrogens (tertiary/aromatic N) is 4. The minimum atomic E-state index is -0.648. The van der Waals surface area contributed by atoms with Crippen molar-refractivity contribution in [3.8, 4) is 38.8 Å². The molecule has 0 aliphatic heterocycles. The summed E-state index contributed by atoms with van der Waals surface area (Å²) in [5, 5.41) is 27.6. The van der Waals surface area contributed by atoms with Crippen molar-refractivity contribution in [3.63, 3.8) is 0 Å². The molecule has 0 fully saturated rings. The normalized spacial score (nSPS) is 11.4. The largest absolute Gasteiger partial charge is 0.489 e. The van der Waals surface area contributed by atoms with Crippen molar-refractivity contribution >= 4 is 22.9 Å². The van der Waals surface area contributed by atoms with E-state index in [9.17, 15) is 9.65 Å². The van der Waals surface area contributed by atoms with Gasteiger partial charge in [-0.05, 0) is 26.0 Å². The predicted molar refractivity (Wildman–Crippen MR) is 126 cm³/mol. The zero-order valence-electron chi connectivity index (χ0n) is 18.7. The van der Waals surface area contributed by atoms with E-state index < -0.39 is 11.9 Å². The van der Waals surface area contributed by atoms with Gasteiger partial charge in [0.05, 0.1) is 23.8 Å². The van der Waals surface area contributed by atoms with Crippen LogP contribution in [0.5, 0.6) is 11.6 Å². The van der Waals surface area contributed by atoms with E-state index in [4.69, 9.17) is 31.9 Å². The number of rotatable bonds is 8. The number of hydrogen-bond donors (Lipinski definition) is 2. The molecule has 1 aromatic carbocycles. The van der Waals surface area contributed by atoms with Gasteiger partial charge in [0, 0.05) is 23.4 Å². The van der Waals surface area contributed by atoms with Gasteiger partial charge in [-0.15, -0.1) is 10.2 Å². The van der Waals surface area contributed by atoms with Crippen molar-refractivity contribution in [3.05, 3.63) is 40.8 Å². The van der Waals surface area contributed by atoms with E-state index in [1.165, 1.54) is 29.7 Å². The van der Waals surface area contributed by atoms with Crippen LogP contribution in [0.3, 0.4) is 0 Å². The number of aliphatic hydroxyl groups excluding tert-OH is 1. The number of hydrogen-bond acceptors (Lipinski definition) is 9. The number of halogens is 2. The van der Waals surface area contributed by atoms with Crippen LogP contribution in [0, 0.1) is 17.1 Å². The Labute approximate surface area is 200 Å². The lowest BCUT2D eigenvalue weighted by Crippen LogP contribution is -2.31. The third-order valence-electron chi connectivity index (χ3n) is 3.93. The Kier molecular flexibility index (Phi) is 9.94. The maximum Gasteiger partial charge on any atom is 0.231 e. The van der Waals surface area contributed by atoms with Gasteiger partial charge < -0.3 is 20.3 Å². The fourth-order valence-electron chi connectivity index (χ4n) is 2.47. The van der Waals surface area contributed by atoms with E-state index in [1.807, 2.05) is 27.7 Å². The molecule has 3 N–H and O–H groups in total. The molecule has 1 atom stereocenters. The Morgan fingerprint density at radius 1 is 1.24 bits per heavy atom. The molecule has 3 rings (SSSR count). The summed E-state index contributed by atoms with van der Waals surface area (Å²) in [6.07, 6.45) is 1.41. The maximum atomic E-state index is 14.5. The second kappa shape index (κ2) is 12.4. The van der Waals surface area contributed by atoms with E-state index in [2.05, 4.69) is 21.3 Å². The van der Waals surface area contributed by atoms with Crippen LogP contribution in [-0.2, 0) is 0 Å². The SMILES string of the molecule is CC.CC(C)Oc1ncc(-c2nnc(-c3cc(F)c(OCC(N)CO)cc3Cl)s2)cc1C#N. The molecule has 0 spiro atoms. The first-order chi connectivity index (χ1) is 15.8. The molecule has 176 valence electrons. The van der Waals surface area contributed by atoms with E-state index in [0.29, 0.717) is 21.1 Å². The van der Waals surface area contributed by atoms with Gasteiger partial charge in [-0.25, -0.2) is 9.37 Å². The highest BCUT2D eigenvalue weighted by atomic mass is 35.5. The Balaban J connectivity index is 0.00000187. The van der Waals surface area contributed by atoms with Crippen molar-refractivity contribution in [1.29, 1.82) is 5.26 Å². The molecule has 3 aromatic rings. The Bertz CT molecular complexity index is 1120. The van der Waals surface area contributed by atoms with Crippen LogP contribution in [0.25, 0.3) is 21.1 Å². The lowest BCUT2D eigenvalue weighted by atomic mass is 10.2. The highest BCUT2D eigenvalue weighted by molar-refractivity contribution is 7.18. The van der Waals surface area contributed by atoms with Crippen molar-refractivity contribution < 1.29 is 19.0 Å². The minimum absolute atomic E-state index is 0.0587. The molecule has 2 heterocycles. The molecule has 0 bridgehead atoms. The molecule has 0 amide bonds. The number of ether oxygens (including phenoxy) is 2. The molecule has 0 radical (unpaired) electrons. The molecule has 33 heavy (non-hydrogen) atoms. The van der Waals surface area contributed by atoms with Gasteiger partial charge in [0.15, 0.2) is 11.6 Å². The standard InChI is InChI=1S/C20H19ClFN5O3S.C2H6/c1-10(2)30-18-11(6-23)3-12(7-25-18)19-26-27-20(31-19)14-4-16(22)17(5-15(14)21)29-9-13(24)8-28;1-2/h3-5,7,10,13,28H,8-9,24H2,1-2H3;1-2H3. The molecular weight excluding hydrogens is 469 g/mol. The number of nitrogens with two attached hydrogens (primary N) is 1. The minimum Gasteiger partial charge on any atom is -0.489 e. The molecule has 0 aliphatic carbocycles. The van der Waals surface area contributed by atoms with Gasteiger partial charge in [0.1, 0.15) is 28.3 Å². The first-order valence-electron chi connectivity index (χ1n) is 10.2. The monoisotopic (exact) mass is 493 g/mol. The fraction of sp³-hybridized carbons (Fsp3) is 0.364. The molecule has 2 aromatic heterocycles. The smallest absolute Gasteiger partial charge is 0.231 e. The predicted octanol–water partition coefficient (Wildman–Crippen LogP) is 4.44. The molecule has 0 saturated heterocycles. The third kappa shape index (κ3) is 6.82. The Morgan fingerprint density at radius 2 is 1.94 bits per heavy atom. The summed E-state index contributed by atoms with van der Waals surface area (Å²) in [5.74, 6) is -0.483. The van der Waals surface area contributed by atoms with Gasteiger partial charge in [-0.2, -0.15) is 5.26 Å². The summed E-state index contributed by atoms with van der Waals surface area (Å²) < 4.78 is 25.3. The summed E-state index contributed by atoms with van der Waals surface area (Å²) in [6.45, 7) is 7.34. The van der Waals surface area contributed by atoms with Crippen LogP contribution >= 0.6 is 22.9 Å². The summed E-state index contributed by atoms with van der Waals surface area (Å²) in [4.78, 5) is 4.20. The highest BCUT2D eigenvalue weighted by Gasteiger charge is 2.18. The quantitative estimate of drug-likeness (QED) is 0.471. The fourth-order valence-corrected chi connectivity index (χ4v) is 3.62. The Morgan fingerprint density at radius 3 is 2.58 bits per heavy atom. The summed E-state index contributed by atoms with van der Waals surface area (Å²) >= 11 is 7.47. The second-order valence-corrected chi connectivity index (χ2v) is 8.17. The summed E-state index contributed by atoms with van der Waals surface area (Å²) in [5.41, 5.74) is 6.75. The third-order valence-corrected chi connectivity index (χ3v) is 5.25. The average molecular weight is 494 g/mol. The topological polar surface area (TPSA) is 127 Å². The number of pyridine rings is 1. The average Bonchev–Trinajstić information content (AvgIpc) is 3.30. The van der Waals surface area contributed by atoms with E-state index in [1.54, 1.807) is 6.07 Å². The number of nitriles is 1. The van der Waals surface area contributed by atoms with Gasteiger partial charge >= 0.3 is 0 Å². The van der Waals surface area contributed by atoms with Crippen LogP contribution in [0.4, 0.5) is 4.39 Å². The zero-order chi connectivity index (χ0) is 24.5. The molecule has 0 aliphatic rings. The first-order valence-corrected chi connectivity index (χ1v) is 11.4. The van der Waals surface area contributed by atoms with Gasteiger partial charge in [-0.1, -0.05) is 36.8 Å². The van der Waals surface area contributed by atoms with E-state index in [0.717, 1.165) is 0 Å². The van der Waals surface area contributed by atoms with E-state index >= 15 is 0 Å². The van der Waals surface area contributed by atoms with Crippen LogP contribution in [0.2, 0.25) is 5.02 Å². The molecule has 1 unspecified atom stereocenters. The van der Waals surface area contributed by atoms with Crippen LogP contribution < -0.4 is 15.2 Å². The Hall–Kier alpha value is -2.84. The first kappa shape index (κ1) is 26.4. The zero-order valence-corrected chi connectivity index (χ0v) is 20.2. The second-order valence-electron chi connectivity index (χ2n) is 6.78. The van der Waals surface area contributed by atoms with Crippen molar-refractivity contribution in [2.45, 2.75) is 39.8 Å². The number of aromatic nitrogens is 3. The van der Waals surface area contributed by atoms with Crippen LogP contribution in [0.1, 0.15) is 33.3 Å². The van der Waals surface area contributed by atoms with Crippen LogP contribution in [-0.4, -0.2) is 45.6 Å². The van der Waals surface area contributed by atoms with Crippen molar-refractivity contribution in [1.82, 2.24) is 15.2 Å². The number of aliphatic hydroxyl groups is 1. The molecule has 8 nitrogen and oxygen atoms in total. The molecule has 0 saturated carbocycles. The van der Waals surface area contributed by atoms with Gasteiger partial charge in [-0.3, -0.25) is 0 Å². The van der Waals surface area contributed by atoms with Gasteiger partial charge in [0.25, 0.3) is 0 Å². The lowest BCUT2D eigenvalue weighted by molar-refractivity contribution is 0.202. The summed E-state index contributed by atoms with van der Waals surface area (Å²) in [7, 11) is 0. The van der Waals surface area contributed by atoms with Crippen molar-refractivity contribution in [2.75, 3.05) is 13.2 Å². The maximum absolute atomic E-state index is 14.5. The highest BCUT2D eigenvalue weighted by Crippen LogP contribution is 2.37. The summed E-state index contributed by atoms with van der Waals surface area (Å²) in [6, 6.07) is 5.56.